The van der Waals surface area contributed by atoms with Crippen molar-refractivity contribution in [1.29, 1.82) is 0 Å². The second-order valence-corrected chi connectivity index (χ2v) is 4.54. The van der Waals surface area contributed by atoms with Gasteiger partial charge in [-0.25, -0.2) is 0 Å². The molecule has 1 aromatic rings. The van der Waals surface area contributed by atoms with Crippen molar-refractivity contribution < 1.29 is 14.3 Å². The molecular formula is C14H18N2O3. The molecule has 19 heavy (non-hydrogen) atoms. The molecule has 1 aliphatic heterocycles. The van der Waals surface area contributed by atoms with Gasteiger partial charge < -0.3 is 10.1 Å². The highest BCUT2D eigenvalue weighted by Gasteiger charge is 2.31. The summed E-state index contributed by atoms with van der Waals surface area (Å²) in [5.74, 6) is -0.465. The SMILES string of the molecule is COC(=O)C[C@@H]1C(=O)NCCN1Cc1ccccc1. The minimum absolute atomic E-state index is 0.0924. The summed E-state index contributed by atoms with van der Waals surface area (Å²) in [6.07, 6.45) is 0.0924. The van der Waals surface area contributed by atoms with E-state index in [0.29, 0.717) is 13.1 Å². The first kappa shape index (κ1) is 13.5. The molecule has 5 heteroatoms. The standard InChI is InChI=1S/C14H18N2O3/c1-19-13(17)9-12-14(18)15-7-8-16(12)10-11-5-3-2-4-6-11/h2-6,12H,7-10H2,1H3,(H,15,18)/t12-/m1/s1. The van der Waals surface area contributed by atoms with E-state index >= 15 is 0 Å². The van der Waals surface area contributed by atoms with Crippen LogP contribution in [0.3, 0.4) is 0 Å². The maximum atomic E-state index is 11.9. The van der Waals surface area contributed by atoms with Crippen LogP contribution in [-0.2, 0) is 20.9 Å². The number of hydrogen-bond donors (Lipinski definition) is 1. The summed E-state index contributed by atoms with van der Waals surface area (Å²) in [4.78, 5) is 25.3. The Bertz CT molecular complexity index is 447. The van der Waals surface area contributed by atoms with Crippen LogP contribution in [-0.4, -0.2) is 43.0 Å². The van der Waals surface area contributed by atoms with Gasteiger partial charge in [-0.1, -0.05) is 30.3 Å². The molecule has 0 saturated carbocycles. The molecule has 0 aliphatic carbocycles. The van der Waals surface area contributed by atoms with Crippen LogP contribution in [0, 0.1) is 0 Å². The summed E-state index contributed by atoms with van der Waals surface area (Å²) >= 11 is 0. The van der Waals surface area contributed by atoms with Gasteiger partial charge in [0.15, 0.2) is 0 Å². The van der Waals surface area contributed by atoms with Crippen LogP contribution in [0.2, 0.25) is 0 Å². The number of piperazine rings is 1. The third kappa shape index (κ3) is 3.54. The summed E-state index contributed by atoms with van der Waals surface area (Å²) in [7, 11) is 1.34. The summed E-state index contributed by atoms with van der Waals surface area (Å²) in [5, 5.41) is 2.79. The molecule has 5 nitrogen and oxygen atoms in total. The second-order valence-electron chi connectivity index (χ2n) is 4.54. The zero-order chi connectivity index (χ0) is 13.7. The Hall–Kier alpha value is -1.88. The van der Waals surface area contributed by atoms with Crippen LogP contribution in [0.25, 0.3) is 0 Å². The van der Waals surface area contributed by atoms with Crippen molar-refractivity contribution in [2.75, 3.05) is 20.2 Å². The summed E-state index contributed by atoms with van der Waals surface area (Å²) in [6, 6.07) is 9.48. The highest BCUT2D eigenvalue weighted by molar-refractivity contribution is 5.87. The maximum Gasteiger partial charge on any atom is 0.307 e. The van der Waals surface area contributed by atoms with Gasteiger partial charge in [0.1, 0.15) is 6.04 Å². The van der Waals surface area contributed by atoms with E-state index in [1.165, 1.54) is 7.11 Å². The average molecular weight is 262 g/mol. The van der Waals surface area contributed by atoms with Gasteiger partial charge >= 0.3 is 5.97 Å². The van der Waals surface area contributed by atoms with Crippen molar-refractivity contribution in [1.82, 2.24) is 10.2 Å². The molecule has 2 rings (SSSR count). The van der Waals surface area contributed by atoms with E-state index in [4.69, 9.17) is 0 Å². The first-order valence-electron chi connectivity index (χ1n) is 6.33. The predicted octanol–water partition coefficient (Wildman–Crippen LogP) is 0.550. The summed E-state index contributed by atoms with van der Waals surface area (Å²) < 4.78 is 4.65. The first-order valence-corrected chi connectivity index (χ1v) is 6.33. The lowest BCUT2D eigenvalue weighted by molar-refractivity contribution is -0.146. The van der Waals surface area contributed by atoms with E-state index in [-0.39, 0.29) is 18.3 Å². The fourth-order valence-electron chi connectivity index (χ4n) is 2.23. The molecule has 0 radical (unpaired) electrons. The van der Waals surface area contributed by atoms with Gasteiger partial charge in [0.2, 0.25) is 5.91 Å². The van der Waals surface area contributed by atoms with Gasteiger partial charge in [-0.15, -0.1) is 0 Å². The summed E-state index contributed by atoms with van der Waals surface area (Å²) in [5.41, 5.74) is 1.13. The minimum Gasteiger partial charge on any atom is -0.469 e. The molecule has 1 atom stereocenters. The second kappa shape index (κ2) is 6.33. The minimum atomic E-state index is -0.443. The number of benzene rings is 1. The van der Waals surface area contributed by atoms with Gasteiger partial charge in [-0.2, -0.15) is 0 Å². The topological polar surface area (TPSA) is 58.6 Å². The molecule has 1 amide bonds. The number of nitrogens with zero attached hydrogens (tertiary/aromatic N) is 1. The predicted molar refractivity (Wildman–Crippen MR) is 70.3 cm³/mol. The smallest absolute Gasteiger partial charge is 0.307 e. The Balaban J connectivity index is 2.07. The van der Waals surface area contributed by atoms with Crippen LogP contribution in [0.15, 0.2) is 30.3 Å². The normalized spacial score (nSPS) is 19.8. The van der Waals surface area contributed by atoms with Crippen molar-refractivity contribution in [3.8, 4) is 0 Å². The van der Waals surface area contributed by atoms with Crippen LogP contribution < -0.4 is 5.32 Å². The highest BCUT2D eigenvalue weighted by atomic mass is 16.5. The fourth-order valence-corrected chi connectivity index (χ4v) is 2.23. The molecule has 1 aromatic carbocycles. The molecule has 102 valence electrons. The van der Waals surface area contributed by atoms with E-state index < -0.39 is 6.04 Å². The zero-order valence-corrected chi connectivity index (χ0v) is 11.0. The molecule has 1 heterocycles. The molecule has 1 saturated heterocycles. The largest absolute Gasteiger partial charge is 0.469 e. The Morgan fingerprint density at radius 2 is 2.16 bits per heavy atom. The Labute approximate surface area is 112 Å². The number of esters is 1. The number of nitrogens with one attached hydrogen (secondary N) is 1. The quantitative estimate of drug-likeness (QED) is 0.805. The molecule has 1 aliphatic rings. The first-order chi connectivity index (χ1) is 9.20. The molecule has 0 spiro atoms. The number of carbonyl (C=O) groups is 2. The van der Waals surface area contributed by atoms with E-state index in [1.54, 1.807) is 0 Å². The average Bonchev–Trinajstić information content (AvgIpc) is 2.43. The third-order valence-corrected chi connectivity index (χ3v) is 3.26. The Morgan fingerprint density at radius 1 is 1.42 bits per heavy atom. The number of ether oxygens (including phenoxy) is 1. The van der Waals surface area contributed by atoms with Crippen LogP contribution in [0.5, 0.6) is 0 Å². The Kier molecular flexibility index (Phi) is 4.52. The lowest BCUT2D eigenvalue weighted by atomic mass is 10.1. The lowest BCUT2D eigenvalue weighted by Crippen LogP contribution is -2.55. The van der Waals surface area contributed by atoms with Crippen LogP contribution in [0.1, 0.15) is 12.0 Å². The van der Waals surface area contributed by atoms with Gasteiger partial charge in [-0.3, -0.25) is 14.5 Å². The van der Waals surface area contributed by atoms with E-state index in [1.807, 2.05) is 35.2 Å². The van der Waals surface area contributed by atoms with E-state index in [0.717, 1.165) is 12.1 Å². The van der Waals surface area contributed by atoms with Crippen LogP contribution >= 0.6 is 0 Å². The molecule has 0 bridgehead atoms. The van der Waals surface area contributed by atoms with Gasteiger partial charge in [0.05, 0.1) is 13.5 Å². The van der Waals surface area contributed by atoms with Gasteiger partial charge in [0.25, 0.3) is 0 Å². The van der Waals surface area contributed by atoms with E-state index in [9.17, 15) is 9.59 Å². The van der Waals surface area contributed by atoms with Crippen molar-refractivity contribution in [3.05, 3.63) is 35.9 Å². The van der Waals surface area contributed by atoms with Crippen molar-refractivity contribution in [2.45, 2.75) is 19.0 Å². The van der Waals surface area contributed by atoms with Crippen molar-refractivity contribution in [2.24, 2.45) is 0 Å². The summed E-state index contributed by atoms with van der Waals surface area (Å²) in [6.45, 7) is 2.02. The molecule has 0 unspecified atom stereocenters. The van der Waals surface area contributed by atoms with Crippen LogP contribution in [0.4, 0.5) is 0 Å². The molecule has 0 aromatic heterocycles. The van der Waals surface area contributed by atoms with E-state index in [2.05, 4.69) is 10.1 Å². The van der Waals surface area contributed by atoms with Crippen molar-refractivity contribution >= 4 is 11.9 Å². The number of amides is 1. The fraction of sp³-hybridized carbons (Fsp3) is 0.429. The highest BCUT2D eigenvalue weighted by Crippen LogP contribution is 2.14. The molecule has 1 N–H and O–H groups in total. The number of hydrogen-bond acceptors (Lipinski definition) is 4. The molecule has 1 fully saturated rings. The molecular weight excluding hydrogens is 244 g/mol. The number of rotatable bonds is 4. The van der Waals surface area contributed by atoms with Gasteiger partial charge in [0, 0.05) is 19.6 Å². The number of carbonyl (C=O) groups excluding carboxylic acids is 2. The van der Waals surface area contributed by atoms with Gasteiger partial charge in [-0.05, 0) is 5.56 Å². The number of methoxy groups -OCH3 is 1. The zero-order valence-electron chi connectivity index (χ0n) is 11.0. The van der Waals surface area contributed by atoms with Crippen molar-refractivity contribution in [3.63, 3.8) is 0 Å². The monoisotopic (exact) mass is 262 g/mol. The Morgan fingerprint density at radius 3 is 2.84 bits per heavy atom. The lowest BCUT2D eigenvalue weighted by Gasteiger charge is -2.34. The maximum absolute atomic E-state index is 11.9. The third-order valence-electron chi connectivity index (χ3n) is 3.26.